The molecule has 1 unspecified atom stereocenters. The standard InChI is InChI=1S/C13H17ClO2S/c1-13(2,3)12(15)9-17(16)8-10-4-6-11(14)7-5-10/h4-7H,8-9H2,1-3H3. The summed E-state index contributed by atoms with van der Waals surface area (Å²) in [6.45, 7) is 5.53. The van der Waals surface area contributed by atoms with Crippen LogP contribution in [0, 0.1) is 5.41 Å². The minimum Gasteiger partial charge on any atom is -0.298 e. The number of benzene rings is 1. The molecule has 0 aliphatic heterocycles. The molecule has 0 heterocycles. The number of halogens is 1. The van der Waals surface area contributed by atoms with Gasteiger partial charge in [0.05, 0.1) is 5.75 Å². The number of Topliss-reactive ketones (excluding diaryl/α,β-unsaturated/α-hetero) is 1. The van der Waals surface area contributed by atoms with E-state index in [2.05, 4.69) is 0 Å². The Bertz CT molecular complexity index is 418. The van der Waals surface area contributed by atoms with Gasteiger partial charge in [-0.2, -0.15) is 0 Å². The van der Waals surface area contributed by atoms with Gasteiger partial charge in [-0.25, -0.2) is 0 Å². The van der Waals surface area contributed by atoms with Crippen LogP contribution >= 0.6 is 11.6 Å². The van der Waals surface area contributed by atoms with Gasteiger partial charge in [-0.3, -0.25) is 9.00 Å². The van der Waals surface area contributed by atoms with Gasteiger partial charge in [0.15, 0.2) is 5.78 Å². The zero-order chi connectivity index (χ0) is 13.1. The zero-order valence-corrected chi connectivity index (χ0v) is 11.9. The molecule has 0 aliphatic rings. The first-order valence-electron chi connectivity index (χ1n) is 5.42. The number of carbonyl (C=O) groups excluding carboxylic acids is 1. The second-order valence-electron chi connectivity index (χ2n) is 5.03. The second-order valence-corrected chi connectivity index (χ2v) is 6.92. The highest BCUT2D eigenvalue weighted by molar-refractivity contribution is 7.84. The first-order valence-corrected chi connectivity index (χ1v) is 7.28. The van der Waals surface area contributed by atoms with Crippen molar-refractivity contribution < 1.29 is 9.00 Å². The van der Waals surface area contributed by atoms with Crippen LogP contribution in [-0.2, 0) is 21.3 Å². The van der Waals surface area contributed by atoms with Crippen LogP contribution in [0.4, 0.5) is 0 Å². The second kappa shape index (κ2) is 5.78. The largest absolute Gasteiger partial charge is 0.298 e. The zero-order valence-electron chi connectivity index (χ0n) is 10.3. The lowest BCUT2D eigenvalue weighted by molar-refractivity contribution is -0.123. The number of hydrogen-bond acceptors (Lipinski definition) is 2. The molecule has 0 bridgehead atoms. The molecule has 1 aromatic rings. The van der Waals surface area contributed by atoms with Crippen molar-refractivity contribution in [3.8, 4) is 0 Å². The first-order chi connectivity index (χ1) is 7.79. The molecule has 0 radical (unpaired) electrons. The molecule has 2 nitrogen and oxygen atoms in total. The van der Waals surface area contributed by atoms with E-state index in [1.807, 2.05) is 32.9 Å². The van der Waals surface area contributed by atoms with Crippen LogP contribution in [0.2, 0.25) is 5.02 Å². The highest BCUT2D eigenvalue weighted by Crippen LogP contribution is 2.16. The molecule has 0 saturated carbocycles. The van der Waals surface area contributed by atoms with E-state index >= 15 is 0 Å². The average Bonchev–Trinajstić information content (AvgIpc) is 2.20. The van der Waals surface area contributed by atoms with Crippen molar-refractivity contribution in [2.45, 2.75) is 26.5 Å². The third-order valence-electron chi connectivity index (χ3n) is 2.37. The Kier molecular flexibility index (Phi) is 4.90. The fourth-order valence-electron chi connectivity index (χ4n) is 1.18. The highest BCUT2D eigenvalue weighted by atomic mass is 35.5. The Hall–Kier alpha value is -0.670. The van der Waals surface area contributed by atoms with E-state index in [4.69, 9.17) is 11.6 Å². The van der Waals surface area contributed by atoms with Crippen molar-refractivity contribution in [2.24, 2.45) is 5.41 Å². The molecule has 0 amide bonds. The molecule has 0 spiro atoms. The van der Waals surface area contributed by atoms with Gasteiger partial charge in [-0.15, -0.1) is 0 Å². The maximum atomic E-state index is 11.8. The molecule has 0 fully saturated rings. The third kappa shape index (κ3) is 5.00. The van der Waals surface area contributed by atoms with Crippen molar-refractivity contribution in [1.29, 1.82) is 0 Å². The molecular formula is C13H17ClO2S. The molecule has 0 N–H and O–H groups in total. The normalized spacial score (nSPS) is 13.4. The van der Waals surface area contributed by atoms with Crippen LogP contribution in [-0.4, -0.2) is 15.7 Å². The van der Waals surface area contributed by atoms with Crippen LogP contribution < -0.4 is 0 Å². The summed E-state index contributed by atoms with van der Waals surface area (Å²) in [5, 5.41) is 0.658. The summed E-state index contributed by atoms with van der Waals surface area (Å²) >= 11 is 5.76. The van der Waals surface area contributed by atoms with Gasteiger partial charge >= 0.3 is 0 Å². The van der Waals surface area contributed by atoms with Crippen molar-refractivity contribution in [1.82, 2.24) is 0 Å². The predicted molar refractivity (Wildman–Crippen MR) is 72.6 cm³/mol. The van der Waals surface area contributed by atoms with Crippen molar-refractivity contribution in [2.75, 3.05) is 5.75 Å². The van der Waals surface area contributed by atoms with Gasteiger partial charge < -0.3 is 0 Å². The van der Waals surface area contributed by atoms with E-state index in [9.17, 15) is 9.00 Å². The molecule has 1 rings (SSSR count). The molecule has 1 aromatic carbocycles. The SMILES string of the molecule is CC(C)(C)C(=O)CS(=O)Cc1ccc(Cl)cc1. The molecule has 94 valence electrons. The van der Waals surface area contributed by atoms with Crippen LogP contribution in [0.1, 0.15) is 26.3 Å². The monoisotopic (exact) mass is 272 g/mol. The number of ketones is 1. The summed E-state index contributed by atoms with van der Waals surface area (Å²) in [4.78, 5) is 11.7. The average molecular weight is 273 g/mol. The van der Waals surface area contributed by atoms with Crippen LogP contribution in [0.15, 0.2) is 24.3 Å². The summed E-state index contributed by atoms with van der Waals surface area (Å²) < 4.78 is 11.8. The van der Waals surface area contributed by atoms with Gasteiger partial charge in [-0.1, -0.05) is 44.5 Å². The molecule has 17 heavy (non-hydrogen) atoms. The Morgan fingerprint density at radius 2 is 1.76 bits per heavy atom. The summed E-state index contributed by atoms with van der Waals surface area (Å²) in [6.07, 6.45) is 0. The van der Waals surface area contributed by atoms with Gasteiger partial charge in [0.1, 0.15) is 0 Å². The van der Waals surface area contributed by atoms with Crippen LogP contribution in [0.25, 0.3) is 0 Å². The highest BCUT2D eigenvalue weighted by Gasteiger charge is 2.22. The first kappa shape index (κ1) is 14.4. The fourth-order valence-corrected chi connectivity index (χ4v) is 2.70. The maximum Gasteiger partial charge on any atom is 0.150 e. The summed E-state index contributed by atoms with van der Waals surface area (Å²) in [5.41, 5.74) is 0.518. The Morgan fingerprint density at radius 1 is 1.24 bits per heavy atom. The number of rotatable bonds is 4. The van der Waals surface area contributed by atoms with Crippen molar-refractivity contribution >= 4 is 28.2 Å². The van der Waals surface area contributed by atoms with Crippen LogP contribution in [0.3, 0.4) is 0 Å². The van der Waals surface area contributed by atoms with E-state index in [1.54, 1.807) is 12.1 Å². The summed E-state index contributed by atoms with van der Waals surface area (Å²) in [7, 11) is -1.15. The smallest absolute Gasteiger partial charge is 0.150 e. The van der Waals surface area contributed by atoms with Gasteiger partial charge in [-0.05, 0) is 17.7 Å². The van der Waals surface area contributed by atoms with Crippen molar-refractivity contribution in [3.05, 3.63) is 34.9 Å². The molecule has 4 heteroatoms. The Morgan fingerprint density at radius 3 is 2.24 bits per heavy atom. The van der Waals surface area contributed by atoms with Gasteiger partial charge in [0, 0.05) is 27.0 Å². The van der Waals surface area contributed by atoms with Gasteiger partial charge in [0.2, 0.25) is 0 Å². The molecular weight excluding hydrogens is 256 g/mol. The lowest BCUT2D eigenvalue weighted by Crippen LogP contribution is -2.26. The summed E-state index contributed by atoms with van der Waals surface area (Å²) in [5.74, 6) is 0.551. The molecule has 1 atom stereocenters. The Balaban J connectivity index is 2.56. The van der Waals surface area contributed by atoms with E-state index in [1.165, 1.54) is 0 Å². The molecule has 0 aromatic heterocycles. The maximum absolute atomic E-state index is 11.8. The minimum absolute atomic E-state index is 0.0322. The van der Waals surface area contributed by atoms with Crippen molar-refractivity contribution in [3.63, 3.8) is 0 Å². The number of carbonyl (C=O) groups is 1. The predicted octanol–water partition coefficient (Wildman–Crippen LogP) is 3.20. The molecule has 0 aliphatic carbocycles. The van der Waals surface area contributed by atoms with Crippen LogP contribution in [0.5, 0.6) is 0 Å². The topological polar surface area (TPSA) is 34.1 Å². The van der Waals surface area contributed by atoms with E-state index in [-0.39, 0.29) is 11.5 Å². The van der Waals surface area contributed by atoms with E-state index < -0.39 is 16.2 Å². The number of hydrogen-bond donors (Lipinski definition) is 0. The summed E-state index contributed by atoms with van der Waals surface area (Å²) in [6, 6.07) is 7.20. The minimum atomic E-state index is -1.15. The lowest BCUT2D eigenvalue weighted by atomic mass is 9.92. The Labute approximate surface area is 110 Å². The third-order valence-corrected chi connectivity index (χ3v) is 3.86. The fraction of sp³-hybridized carbons (Fsp3) is 0.462. The lowest BCUT2D eigenvalue weighted by Gasteiger charge is -2.15. The van der Waals surface area contributed by atoms with Gasteiger partial charge in [0.25, 0.3) is 0 Å². The van der Waals surface area contributed by atoms with E-state index in [0.29, 0.717) is 10.8 Å². The van der Waals surface area contributed by atoms with E-state index in [0.717, 1.165) is 5.56 Å². The quantitative estimate of drug-likeness (QED) is 0.843. The molecule has 0 saturated heterocycles.